The first-order valence-electron chi connectivity index (χ1n) is 10.5. The van der Waals surface area contributed by atoms with E-state index in [1.54, 1.807) is 30.2 Å². The van der Waals surface area contributed by atoms with Gasteiger partial charge in [0, 0.05) is 55.6 Å². The summed E-state index contributed by atoms with van der Waals surface area (Å²) in [6.45, 7) is 6.00. The van der Waals surface area contributed by atoms with E-state index in [2.05, 4.69) is 44.3 Å². The van der Waals surface area contributed by atoms with Crippen molar-refractivity contribution in [1.82, 2.24) is 30.3 Å². The van der Waals surface area contributed by atoms with E-state index in [1.807, 2.05) is 18.2 Å². The standard InChI is InChI=1S/C23H24FN7O/c1-13-10-31(11-14(2)26-13)21-5-4-19(27-28-21)23-20(32)8-16(9-25-23)15-6-17-12-30(3)29-22(17)18(24)7-15/h4-9,12-14,26,32H,10-11H2,1-3H3/t13-,14?/m0/s1. The molecule has 0 bridgehead atoms. The van der Waals surface area contributed by atoms with Crippen LogP contribution in [0.1, 0.15) is 13.8 Å². The number of piperazine rings is 1. The van der Waals surface area contributed by atoms with Crippen LogP contribution in [0.25, 0.3) is 33.4 Å². The summed E-state index contributed by atoms with van der Waals surface area (Å²) >= 11 is 0. The number of rotatable bonds is 3. The van der Waals surface area contributed by atoms with Gasteiger partial charge in [0.2, 0.25) is 0 Å². The van der Waals surface area contributed by atoms with Gasteiger partial charge in [0.15, 0.2) is 11.6 Å². The molecule has 4 heterocycles. The van der Waals surface area contributed by atoms with E-state index < -0.39 is 5.82 Å². The summed E-state index contributed by atoms with van der Waals surface area (Å²) < 4.78 is 16.0. The van der Waals surface area contributed by atoms with Gasteiger partial charge in [-0.15, -0.1) is 10.2 Å². The van der Waals surface area contributed by atoms with Gasteiger partial charge in [-0.1, -0.05) is 0 Å². The molecule has 5 rings (SSSR count). The highest BCUT2D eigenvalue weighted by Crippen LogP contribution is 2.32. The van der Waals surface area contributed by atoms with Gasteiger partial charge >= 0.3 is 0 Å². The van der Waals surface area contributed by atoms with Crippen LogP contribution in [0.2, 0.25) is 0 Å². The van der Waals surface area contributed by atoms with Crippen molar-refractivity contribution in [2.24, 2.45) is 7.05 Å². The summed E-state index contributed by atoms with van der Waals surface area (Å²) in [5, 5.41) is 27.6. The number of halogens is 1. The number of benzene rings is 1. The lowest BCUT2D eigenvalue weighted by atomic mass is 10.0. The smallest absolute Gasteiger partial charge is 0.151 e. The maximum atomic E-state index is 14.4. The minimum Gasteiger partial charge on any atom is -0.506 e. The van der Waals surface area contributed by atoms with Crippen molar-refractivity contribution in [2.75, 3.05) is 18.0 Å². The minimum absolute atomic E-state index is 0.0411. The van der Waals surface area contributed by atoms with E-state index in [9.17, 15) is 9.50 Å². The number of anilines is 1. The van der Waals surface area contributed by atoms with Gasteiger partial charge in [-0.2, -0.15) is 5.10 Å². The van der Waals surface area contributed by atoms with Gasteiger partial charge in [0.05, 0.1) is 0 Å². The van der Waals surface area contributed by atoms with Gasteiger partial charge in [0.1, 0.15) is 22.7 Å². The lowest BCUT2D eigenvalue weighted by molar-refractivity contribution is 0.404. The fourth-order valence-corrected chi connectivity index (χ4v) is 4.32. The Labute approximate surface area is 184 Å². The highest BCUT2D eigenvalue weighted by molar-refractivity contribution is 5.85. The Balaban J connectivity index is 1.42. The zero-order chi connectivity index (χ0) is 22.4. The van der Waals surface area contributed by atoms with Gasteiger partial charge in [-0.3, -0.25) is 4.68 Å². The zero-order valence-electron chi connectivity index (χ0n) is 18.1. The van der Waals surface area contributed by atoms with E-state index in [0.29, 0.717) is 45.5 Å². The summed E-state index contributed by atoms with van der Waals surface area (Å²) in [6, 6.07) is 9.23. The van der Waals surface area contributed by atoms with Crippen molar-refractivity contribution in [3.8, 4) is 28.3 Å². The fraction of sp³-hybridized carbons (Fsp3) is 0.304. The van der Waals surface area contributed by atoms with Crippen molar-refractivity contribution in [3.05, 3.63) is 48.5 Å². The number of hydrogen-bond donors (Lipinski definition) is 2. The maximum absolute atomic E-state index is 14.4. The summed E-state index contributed by atoms with van der Waals surface area (Å²) in [4.78, 5) is 6.58. The third-order valence-electron chi connectivity index (χ3n) is 5.65. The van der Waals surface area contributed by atoms with Crippen LogP contribution in [0.3, 0.4) is 0 Å². The van der Waals surface area contributed by atoms with Crippen LogP contribution < -0.4 is 10.2 Å². The Morgan fingerprint density at radius 3 is 2.53 bits per heavy atom. The molecular formula is C23H24FN7O. The summed E-state index contributed by atoms with van der Waals surface area (Å²) in [7, 11) is 1.75. The largest absolute Gasteiger partial charge is 0.506 e. The molecule has 0 aliphatic carbocycles. The van der Waals surface area contributed by atoms with Crippen molar-refractivity contribution in [3.63, 3.8) is 0 Å². The Bertz CT molecular complexity index is 1280. The van der Waals surface area contributed by atoms with E-state index in [-0.39, 0.29) is 5.75 Å². The molecule has 2 N–H and O–H groups in total. The molecule has 1 unspecified atom stereocenters. The number of pyridine rings is 1. The van der Waals surface area contributed by atoms with Crippen LogP contribution in [0.15, 0.2) is 42.7 Å². The summed E-state index contributed by atoms with van der Waals surface area (Å²) in [5.41, 5.74) is 2.33. The van der Waals surface area contributed by atoms with Crippen LogP contribution in [0.4, 0.5) is 10.2 Å². The monoisotopic (exact) mass is 433 g/mol. The van der Waals surface area contributed by atoms with E-state index in [4.69, 9.17) is 0 Å². The molecule has 32 heavy (non-hydrogen) atoms. The van der Waals surface area contributed by atoms with Crippen molar-refractivity contribution >= 4 is 16.7 Å². The third-order valence-corrected chi connectivity index (χ3v) is 5.65. The molecule has 4 aromatic rings. The van der Waals surface area contributed by atoms with E-state index in [1.165, 1.54) is 6.07 Å². The average molecular weight is 433 g/mol. The predicted octanol–water partition coefficient (Wildman–Crippen LogP) is 3.12. The molecule has 9 heteroatoms. The number of aryl methyl sites for hydroxylation is 1. The van der Waals surface area contributed by atoms with Crippen LogP contribution in [0, 0.1) is 5.82 Å². The molecule has 1 aliphatic rings. The quantitative estimate of drug-likeness (QED) is 0.513. The number of hydrogen-bond acceptors (Lipinski definition) is 7. The molecule has 164 valence electrons. The second kappa shape index (κ2) is 7.83. The second-order valence-corrected chi connectivity index (χ2v) is 8.44. The highest BCUT2D eigenvalue weighted by atomic mass is 19.1. The molecule has 2 atom stereocenters. The Hall–Kier alpha value is -3.59. The number of nitrogens with one attached hydrogen (secondary N) is 1. The first-order valence-corrected chi connectivity index (χ1v) is 10.5. The van der Waals surface area contributed by atoms with Crippen molar-refractivity contribution in [1.29, 1.82) is 0 Å². The van der Waals surface area contributed by atoms with Crippen LogP contribution in [0.5, 0.6) is 5.75 Å². The molecule has 0 spiro atoms. The fourth-order valence-electron chi connectivity index (χ4n) is 4.32. The Morgan fingerprint density at radius 2 is 1.84 bits per heavy atom. The molecule has 0 radical (unpaired) electrons. The lowest BCUT2D eigenvalue weighted by Crippen LogP contribution is -2.54. The first kappa shape index (κ1) is 20.3. The normalized spacial score (nSPS) is 18.9. The zero-order valence-corrected chi connectivity index (χ0v) is 18.1. The van der Waals surface area contributed by atoms with Crippen LogP contribution >= 0.6 is 0 Å². The van der Waals surface area contributed by atoms with E-state index in [0.717, 1.165) is 18.9 Å². The SMILES string of the molecule is CC1CN(c2ccc(-c3ncc(-c4cc(F)c5nn(C)cc5c4)cc3O)nn2)C[C@H](C)N1. The molecule has 0 saturated carbocycles. The molecular weight excluding hydrogens is 409 g/mol. The van der Waals surface area contributed by atoms with Gasteiger partial charge in [-0.05, 0) is 49.7 Å². The van der Waals surface area contributed by atoms with Gasteiger partial charge < -0.3 is 15.3 Å². The minimum atomic E-state index is -0.417. The van der Waals surface area contributed by atoms with E-state index >= 15 is 0 Å². The van der Waals surface area contributed by atoms with Gasteiger partial charge in [0.25, 0.3) is 0 Å². The predicted molar refractivity (Wildman–Crippen MR) is 121 cm³/mol. The molecule has 0 amide bonds. The Kier molecular flexibility index (Phi) is 4.97. The summed E-state index contributed by atoms with van der Waals surface area (Å²) in [6.07, 6.45) is 3.35. The topological polar surface area (TPSA) is 92.0 Å². The number of fused-ring (bicyclic) bond motifs is 1. The molecule has 1 saturated heterocycles. The molecule has 8 nitrogen and oxygen atoms in total. The van der Waals surface area contributed by atoms with Crippen LogP contribution in [-0.2, 0) is 7.05 Å². The lowest BCUT2D eigenvalue weighted by Gasteiger charge is -2.36. The molecule has 1 aromatic carbocycles. The number of aromatic hydroxyl groups is 1. The first-order chi connectivity index (χ1) is 15.4. The Morgan fingerprint density at radius 1 is 1.06 bits per heavy atom. The average Bonchev–Trinajstić information content (AvgIpc) is 3.14. The molecule has 3 aromatic heterocycles. The number of aromatic nitrogens is 5. The van der Waals surface area contributed by atoms with Gasteiger partial charge in [-0.25, -0.2) is 9.37 Å². The maximum Gasteiger partial charge on any atom is 0.151 e. The van der Waals surface area contributed by atoms with Crippen LogP contribution in [-0.4, -0.2) is 55.2 Å². The third kappa shape index (κ3) is 3.75. The van der Waals surface area contributed by atoms with Crippen molar-refractivity contribution < 1.29 is 9.50 Å². The highest BCUT2D eigenvalue weighted by Gasteiger charge is 2.22. The summed E-state index contributed by atoms with van der Waals surface area (Å²) in [5.74, 6) is 0.339. The molecule has 1 fully saturated rings. The second-order valence-electron chi connectivity index (χ2n) is 8.44. The number of nitrogens with zero attached hydrogens (tertiary/aromatic N) is 6. The van der Waals surface area contributed by atoms with Crippen molar-refractivity contribution in [2.45, 2.75) is 25.9 Å². The molecule has 1 aliphatic heterocycles.